The predicted molar refractivity (Wildman–Crippen MR) is 66.5 cm³/mol. The zero-order chi connectivity index (χ0) is 12.7. The van der Waals surface area contributed by atoms with E-state index in [2.05, 4.69) is 31.9 Å². The Balaban J connectivity index is 2.94. The molecule has 1 aromatic heterocycles. The summed E-state index contributed by atoms with van der Waals surface area (Å²) in [5.41, 5.74) is -1.55. The lowest BCUT2D eigenvalue weighted by Crippen LogP contribution is -2.12. The van der Waals surface area contributed by atoms with Gasteiger partial charge in [0, 0.05) is 9.86 Å². The third-order valence-corrected chi connectivity index (χ3v) is 4.08. The maximum absolute atomic E-state index is 11.3. The average Bonchev–Trinajstić information content (AvgIpc) is 2.26. The van der Waals surface area contributed by atoms with Crippen molar-refractivity contribution in [2.75, 3.05) is 0 Å². The fraction of sp³-hybridized carbons (Fsp3) is 0. The molecule has 2 aromatic rings. The molecule has 1 aromatic carbocycles. The molecule has 0 fully saturated rings. The van der Waals surface area contributed by atoms with E-state index in [0.29, 0.717) is 14.3 Å². The third-order valence-electron chi connectivity index (χ3n) is 2.12. The van der Waals surface area contributed by atoms with Crippen LogP contribution in [0.2, 0.25) is 0 Å². The Labute approximate surface area is 111 Å². The number of fused-ring (bicyclic) bond motifs is 1. The first-order chi connectivity index (χ1) is 7.91. The number of halogens is 2. The molecule has 0 unspecified atom stereocenters. The molecule has 0 aliphatic carbocycles. The Morgan fingerprint density at radius 1 is 1.29 bits per heavy atom. The highest BCUT2D eigenvalue weighted by Gasteiger charge is 2.17. The van der Waals surface area contributed by atoms with Crippen LogP contribution in [0.25, 0.3) is 11.0 Å². The first-order valence-corrected chi connectivity index (χ1v) is 5.88. The van der Waals surface area contributed by atoms with Gasteiger partial charge in [0.2, 0.25) is 0 Å². The van der Waals surface area contributed by atoms with E-state index in [1.165, 1.54) is 6.07 Å². The fourth-order valence-corrected chi connectivity index (χ4v) is 2.07. The topological polar surface area (TPSA) is 87.7 Å². The van der Waals surface area contributed by atoms with E-state index in [0.717, 1.165) is 6.07 Å². The fourth-order valence-electron chi connectivity index (χ4n) is 1.34. The van der Waals surface area contributed by atoms with Gasteiger partial charge >= 0.3 is 11.6 Å². The molecule has 5 nitrogen and oxygen atoms in total. The Kier molecular flexibility index (Phi) is 2.96. The number of hydrogen-bond acceptors (Lipinski definition) is 4. The molecule has 0 atom stereocenters. The van der Waals surface area contributed by atoms with Crippen LogP contribution in [0.5, 0.6) is 5.75 Å². The average molecular weight is 364 g/mol. The Morgan fingerprint density at radius 3 is 2.53 bits per heavy atom. The molecule has 2 N–H and O–H groups in total. The zero-order valence-electron chi connectivity index (χ0n) is 8.03. The summed E-state index contributed by atoms with van der Waals surface area (Å²) in [6.07, 6.45) is 0. The Bertz CT molecular complexity index is 689. The molecular formula is C10H4Br2O5. The van der Waals surface area contributed by atoms with Crippen molar-refractivity contribution in [2.24, 2.45) is 0 Å². The summed E-state index contributed by atoms with van der Waals surface area (Å²) in [4.78, 5) is 22.1. The lowest BCUT2D eigenvalue weighted by Gasteiger charge is -2.04. The molecule has 0 bridgehead atoms. The summed E-state index contributed by atoms with van der Waals surface area (Å²) in [7, 11) is 0. The second kappa shape index (κ2) is 4.15. The standard InChI is InChI=1S/C10H4Br2O5/c11-5-2-3-1-4(9(14)15)10(16)17-8(3)7(13)6(5)12/h1-2,13H,(H,14,15). The molecule has 0 spiro atoms. The number of aromatic carboxylic acids is 1. The van der Waals surface area contributed by atoms with Crippen LogP contribution >= 0.6 is 31.9 Å². The van der Waals surface area contributed by atoms with Gasteiger partial charge in [-0.05, 0) is 44.0 Å². The van der Waals surface area contributed by atoms with E-state index in [9.17, 15) is 14.7 Å². The summed E-state index contributed by atoms with van der Waals surface area (Å²) < 4.78 is 5.63. The Morgan fingerprint density at radius 2 is 1.94 bits per heavy atom. The van der Waals surface area contributed by atoms with Gasteiger partial charge < -0.3 is 14.6 Å². The van der Waals surface area contributed by atoms with Gasteiger partial charge in [-0.3, -0.25) is 0 Å². The molecule has 7 heteroatoms. The Hall–Kier alpha value is -1.34. The number of benzene rings is 1. The molecule has 0 saturated carbocycles. The monoisotopic (exact) mass is 362 g/mol. The van der Waals surface area contributed by atoms with Crippen LogP contribution in [-0.2, 0) is 0 Å². The van der Waals surface area contributed by atoms with Crippen molar-refractivity contribution in [2.45, 2.75) is 0 Å². The minimum absolute atomic E-state index is 0.0601. The van der Waals surface area contributed by atoms with Gasteiger partial charge in [-0.2, -0.15) is 0 Å². The summed E-state index contributed by atoms with van der Waals surface area (Å²) in [6.45, 7) is 0. The second-order valence-corrected chi connectivity index (χ2v) is 4.84. The number of carboxylic acid groups (broad SMARTS) is 1. The number of carboxylic acids is 1. The number of rotatable bonds is 1. The lowest BCUT2D eigenvalue weighted by molar-refractivity contribution is 0.0692. The van der Waals surface area contributed by atoms with Crippen molar-refractivity contribution in [3.05, 3.63) is 37.1 Å². The van der Waals surface area contributed by atoms with Crippen molar-refractivity contribution in [3.63, 3.8) is 0 Å². The predicted octanol–water partition coefficient (Wildman–Crippen LogP) is 2.72. The lowest BCUT2D eigenvalue weighted by atomic mass is 10.2. The summed E-state index contributed by atoms with van der Waals surface area (Å²) in [6, 6.07) is 2.69. The first kappa shape index (κ1) is 12.1. The van der Waals surface area contributed by atoms with E-state index in [1.54, 1.807) is 0 Å². The second-order valence-electron chi connectivity index (χ2n) is 3.19. The summed E-state index contributed by atoms with van der Waals surface area (Å²) >= 11 is 6.27. The molecule has 88 valence electrons. The number of phenolic OH excluding ortho intramolecular Hbond substituents is 1. The quantitative estimate of drug-likeness (QED) is 0.760. The highest BCUT2D eigenvalue weighted by Crippen LogP contribution is 2.38. The molecule has 0 aliphatic heterocycles. The third kappa shape index (κ3) is 1.96. The summed E-state index contributed by atoms with van der Waals surface area (Å²) in [5, 5.41) is 18.8. The van der Waals surface area contributed by atoms with Gasteiger partial charge in [0.05, 0.1) is 4.47 Å². The SMILES string of the molecule is O=C(O)c1cc2cc(Br)c(Br)c(O)c2oc1=O. The minimum atomic E-state index is -1.38. The highest BCUT2D eigenvalue weighted by molar-refractivity contribution is 9.13. The molecule has 0 aliphatic rings. The maximum atomic E-state index is 11.3. The van der Waals surface area contributed by atoms with Crippen LogP contribution in [0, 0.1) is 0 Å². The molecule has 1 heterocycles. The van der Waals surface area contributed by atoms with Crippen LogP contribution in [0.15, 0.2) is 30.3 Å². The molecule has 17 heavy (non-hydrogen) atoms. The van der Waals surface area contributed by atoms with Gasteiger partial charge in [0.1, 0.15) is 5.56 Å². The van der Waals surface area contributed by atoms with Gasteiger partial charge in [-0.1, -0.05) is 0 Å². The maximum Gasteiger partial charge on any atom is 0.351 e. The molecule has 0 radical (unpaired) electrons. The molecule has 2 rings (SSSR count). The number of hydrogen-bond donors (Lipinski definition) is 2. The van der Waals surface area contributed by atoms with Crippen molar-refractivity contribution < 1.29 is 19.4 Å². The van der Waals surface area contributed by atoms with Crippen molar-refractivity contribution in [1.29, 1.82) is 0 Å². The number of carbonyl (C=O) groups is 1. The van der Waals surface area contributed by atoms with Gasteiger partial charge in [0.25, 0.3) is 0 Å². The molecular weight excluding hydrogens is 360 g/mol. The van der Waals surface area contributed by atoms with Crippen LogP contribution in [0.3, 0.4) is 0 Å². The highest BCUT2D eigenvalue weighted by atomic mass is 79.9. The normalized spacial score (nSPS) is 10.7. The van der Waals surface area contributed by atoms with Crippen LogP contribution in [-0.4, -0.2) is 16.2 Å². The van der Waals surface area contributed by atoms with Crippen molar-refractivity contribution >= 4 is 48.8 Å². The number of phenols is 1. The van der Waals surface area contributed by atoms with E-state index < -0.39 is 17.2 Å². The van der Waals surface area contributed by atoms with Gasteiger partial charge in [0.15, 0.2) is 11.3 Å². The van der Waals surface area contributed by atoms with Crippen molar-refractivity contribution in [1.82, 2.24) is 0 Å². The molecule has 0 saturated heterocycles. The smallest absolute Gasteiger partial charge is 0.351 e. The molecule has 0 amide bonds. The van der Waals surface area contributed by atoms with E-state index >= 15 is 0 Å². The van der Waals surface area contributed by atoms with Gasteiger partial charge in [-0.15, -0.1) is 0 Å². The van der Waals surface area contributed by atoms with Crippen LogP contribution in [0.4, 0.5) is 0 Å². The first-order valence-electron chi connectivity index (χ1n) is 4.30. The summed E-state index contributed by atoms with van der Waals surface area (Å²) in [5.74, 6) is -1.64. The van der Waals surface area contributed by atoms with Crippen LogP contribution in [0.1, 0.15) is 10.4 Å². The van der Waals surface area contributed by atoms with Crippen molar-refractivity contribution in [3.8, 4) is 5.75 Å². The van der Waals surface area contributed by atoms with E-state index in [4.69, 9.17) is 9.52 Å². The minimum Gasteiger partial charge on any atom is -0.503 e. The largest absolute Gasteiger partial charge is 0.503 e. The number of aromatic hydroxyl groups is 1. The van der Waals surface area contributed by atoms with E-state index in [1.807, 2.05) is 0 Å². The van der Waals surface area contributed by atoms with E-state index in [-0.39, 0.29) is 11.3 Å². The van der Waals surface area contributed by atoms with Crippen LogP contribution < -0.4 is 5.63 Å². The van der Waals surface area contributed by atoms with Gasteiger partial charge in [-0.25, -0.2) is 9.59 Å². The zero-order valence-corrected chi connectivity index (χ0v) is 11.2.